The maximum absolute atomic E-state index is 3.97. The third kappa shape index (κ3) is 3.15. The number of hydrogen-bond donors (Lipinski definition) is 0. The second kappa shape index (κ2) is 9.55. The van der Waals surface area contributed by atoms with Crippen LogP contribution in [-0.2, 0) is 5.41 Å². The highest BCUT2D eigenvalue weighted by atomic mass is 32.1. The van der Waals surface area contributed by atoms with E-state index in [0.717, 1.165) is 19.3 Å². The van der Waals surface area contributed by atoms with E-state index in [0.29, 0.717) is 5.92 Å². The van der Waals surface area contributed by atoms with Crippen LogP contribution in [0.5, 0.6) is 0 Å². The average Bonchev–Trinajstić information content (AvgIpc) is 3.79. The summed E-state index contributed by atoms with van der Waals surface area (Å²) in [6.07, 6.45) is 19.1. The minimum absolute atomic E-state index is 0.159. The van der Waals surface area contributed by atoms with Gasteiger partial charge in [-0.1, -0.05) is 104 Å². The number of hydrogen-bond acceptors (Lipinski definition) is 2. The zero-order valence-electron chi connectivity index (χ0n) is 25.9. The van der Waals surface area contributed by atoms with E-state index in [9.17, 15) is 0 Å². The van der Waals surface area contributed by atoms with E-state index >= 15 is 0 Å². The first-order valence-corrected chi connectivity index (χ1v) is 17.3. The Morgan fingerprint density at radius 1 is 0.848 bits per heavy atom. The molecule has 0 N–H and O–H groups in total. The topological polar surface area (TPSA) is 3.24 Å². The first-order chi connectivity index (χ1) is 22.7. The molecule has 0 aliphatic heterocycles. The van der Waals surface area contributed by atoms with Gasteiger partial charge in [-0.05, 0) is 112 Å². The number of benzene rings is 4. The van der Waals surface area contributed by atoms with E-state index in [4.69, 9.17) is 0 Å². The van der Waals surface area contributed by atoms with Gasteiger partial charge in [-0.3, -0.25) is 0 Å². The summed E-state index contributed by atoms with van der Waals surface area (Å²) in [5, 5.41) is 1.31. The van der Waals surface area contributed by atoms with E-state index in [1.165, 1.54) is 71.0 Å². The Morgan fingerprint density at radius 3 is 2.50 bits per heavy atom. The van der Waals surface area contributed by atoms with Crippen molar-refractivity contribution in [1.29, 1.82) is 0 Å². The fourth-order valence-corrected chi connectivity index (χ4v) is 10.6. The Kier molecular flexibility index (Phi) is 5.46. The average molecular weight is 608 g/mol. The third-order valence-electron chi connectivity index (χ3n) is 11.0. The smallest absolute Gasteiger partial charge is 0.0661 e. The lowest BCUT2D eigenvalue weighted by atomic mass is 9.69. The van der Waals surface area contributed by atoms with E-state index in [-0.39, 0.29) is 5.41 Å². The number of nitrogens with zero attached hydrogens (tertiary/aromatic N) is 1. The molecule has 0 radical (unpaired) electrons. The molecule has 5 aromatic rings. The lowest BCUT2D eigenvalue weighted by molar-refractivity contribution is 0.680. The van der Waals surface area contributed by atoms with Crippen molar-refractivity contribution in [1.82, 2.24) is 0 Å². The molecule has 0 amide bonds. The van der Waals surface area contributed by atoms with Crippen molar-refractivity contribution in [2.75, 3.05) is 4.90 Å². The molecule has 0 saturated carbocycles. The molecule has 2 unspecified atom stereocenters. The molecular weight excluding hydrogens is 575 g/mol. The number of aryl methyl sites for hydroxylation is 1. The predicted molar refractivity (Wildman–Crippen MR) is 196 cm³/mol. The molecule has 46 heavy (non-hydrogen) atoms. The Labute approximate surface area is 274 Å². The summed E-state index contributed by atoms with van der Waals surface area (Å²) in [5.41, 5.74) is 18.5. The Bertz CT molecular complexity index is 2310. The molecule has 5 aliphatic carbocycles. The summed E-state index contributed by atoms with van der Waals surface area (Å²) >= 11 is 1.88. The standard InChI is InChI=1S/C44H33NS/c1-3-4-16-29-27(2)46-39-26-13-25-38(41(29)39)45(28-14-6-5-7-15-28)37-24-12-23-36-40(37)34-21-11-20-33-32-19-10-18-31-30-17-8-9-22-35(30)44(36,42(31)32)43(33)34/h3-8,10-20,23-26,34H,1,9,21-22H2,2H3/b16-4-. The lowest BCUT2D eigenvalue weighted by Gasteiger charge is -2.32. The van der Waals surface area contributed by atoms with Crippen molar-refractivity contribution in [3.05, 3.63) is 177 Å². The molecule has 10 rings (SSSR count). The van der Waals surface area contributed by atoms with Crippen LogP contribution in [0.15, 0.2) is 139 Å². The van der Waals surface area contributed by atoms with Gasteiger partial charge in [0.2, 0.25) is 0 Å². The van der Waals surface area contributed by atoms with E-state index in [1.54, 1.807) is 16.7 Å². The fraction of sp³-hybridized carbons (Fsp3) is 0.136. The quantitative estimate of drug-likeness (QED) is 0.180. The molecule has 220 valence electrons. The van der Waals surface area contributed by atoms with Crippen LogP contribution >= 0.6 is 11.3 Å². The third-order valence-corrected chi connectivity index (χ3v) is 12.1. The number of anilines is 3. The summed E-state index contributed by atoms with van der Waals surface area (Å²) in [5.74, 6) is 0.332. The van der Waals surface area contributed by atoms with Gasteiger partial charge in [-0.25, -0.2) is 0 Å². The van der Waals surface area contributed by atoms with Crippen LogP contribution in [0.3, 0.4) is 0 Å². The SMILES string of the molecule is C=C/C=C\c1c(C)sc2cccc(N(c3ccccc3)c3cccc4c3C3CC=CC5=C3C43C4=C(C=CCC4)c4cccc5c43)c12. The number of fused-ring (bicyclic) bond motifs is 5. The van der Waals surface area contributed by atoms with Gasteiger partial charge in [0, 0.05) is 26.6 Å². The van der Waals surface area contributed by atoms with Gasteiger partial charge in [0.05, 0.1) is 16.8 Å². The van der Waals surface area contributed by atoms with Crippen molar-refractivity contribution in [2.45, 2.75) is 37.5 Å². The maximum atomic E-state index is 3.97. The van der Waals surface area contributed by atoms with Crippen molar-refractivity contribution >= 4 is 55.7 Å². The highest BCUT2D eigenvalue weighted by molar-refractivity contribution is 7.19. The normalized spacial score (nSPS) is 21.3. The van der Waals surface area contributed by atoms with Gasteiger partial charge in [-0.2, -0.15) is 0 Å². The molecule has 0 saturated heterocycles. The largest absolute Gasteiger partial charge is 0.310 e. The molecule has 0 bridgehead atoms. The number of allylic oxidation sites excluding steroid dienone is 10. The second-order valence-electron chi connectivity index (χ2n) is 13.1. The summed E-state index contributed by atoms with van der Waals surface area (Å²) in [4.78, 5) is 3.89. The molecule has 0 fully saturated rings. The van der Waals surface area contributed by atoms with E-state index in [1.807, 2.05) is 17.4 Å². The maximum Gasteiger partial charge on any atom is 0.0661 e. The minimum atomic E-state index is -0.159. The van der Waals surface area contributed by atoms with Crippen LogP contribution in [0, 0.1) is 6.92 Å². The fourth-order valence-electron chi connectivity index (χ4n) is 9.53. The Balaban J connectivity index is 1.31. The van der Waals surface area contributed by atoms with Crippen LogP contribution in [0.1, 0.15) is 63.4 Å². The minimum Gasteiger partial charge on any atom is -0.310 e. The summed E-state index contributed by atoms with van der Waals surface area (Å²) < 4.78 is 1.31. The van der Waals surface area contributed by atoms with Crippen molar-refractivity contribution < 1.29 is 0 Å². The van der Waals surface area contributed by atoms with Gasteiger partial charge in [0.15, 0.2) is 0 Å². The predicted octanol–water partition coefficient (Wildman–Crippen LogP) is 12.1. The van der Waals surface area contributed by atoms with E-state index < -0.39 is 0 Å². The summed E-state index contributed by atoms with van der Waals surface area (Å²) in [6.45, 7) is 6.21. The molecule has 1 aromatic heterocycles. The van der Waals surface area contributed by atoms with Crippen LogP contribution < -0.4 is 4.90 Å². The van der Waals surface area contributed by atoms with Crippen LogP contribution in [-0.4, -0.2) is 0 Å². The highest BCUT2D eigenvalue weighted by Crippen LogP contribution is 2.72. The van der Waals surface area contributed by atoms with Gasteiger partial charge in [-0.15, -0.1) is 11.3 Å². The zero-order chi connectivity index (χ0) is 30.6. The van der Waals surface area contributed by atoms with Crippen molar-refractivity contribution in [3.8, 4) is 0 Å². The van der Waals surface area contributed by atoms with Crippen LogP contribution in [0.4, 0.5) is 17.1 Å². The van der Waals surface area contributed by atoms with Gasteiger partial charge in [0.1, 0.15) is 0 Å². The van der Waals surface area contributed by atoms with Gasteiger partial charge >= 0.3 is 0 Å². The molecule has 5 aliphatic rings. The van der Waals surface area contributed by atoms with Crippen molar-refractivity contribution in [3.63, 3.8) is 0 Å². The molecule has 1 nitrogen and oxygen atoms in total. The van der Waals surface area contributed by atoms with Gasteiger partial charge in [0.25, 0.3) is 0 Å². The Hall–Kier alpha value is -4.92. The molecule has 1 spiro atoms. The number of rotatable bonds is 5. The zero-order valence-corrected chi connectivity index (χ0v) is 26.7. The molecular formula is C44H33NS. The summed E-state index contributed by atoms with van der Waals surface area (Å²) in [6, 6.07) is 32.1. The van der Waals surface area contributed by atoms with E-state index in [2.05, 4.69) is 140 Å². The van der Waals surface area contributed by atoms with Gasteiger partial charge < -0.3 is 4.90 Å². The number of para-hydroxylation sites is 1. The monoisotopic (exact) mass is 607 g/mol. The van der Waals surface area contributed by atoms with Crippen molar-refractivity contribution in [2.24, 2.45) is 0 Å². The Morgan fingerprint density at radius 2 is 1.63 bits per heavy atom. The highest BCUT2D eigenvalue weighted by Gasteiger charge is 2.61. The first-order valence-electron chi connectivity index (χ1n) is 16.5. The molecule has 4 aromatic carbocycles. The van der Waals surface area contributed by atoms with Crippen LogP contribution in [0.2, 0.25) is 0 Å². The first kappa shape index (κ1) is 26.3. The molecule has 2 heteroatoms. The summed E-state index contributed by atoms with van der Waals surface area (Å²) in [7, 11) is 0. The second-order valence-corrected chi connectivity index (χ2v) is 14.3. The number of thiophene rings is 1. The molecule has 1 heterocycles. The lowest BCUT2D eigenvalue weighted by Crippen LogP contribution is -2.26. The molecule has 2 atom stereocenters. The van der Waals surface area contributed by atoms with Crippen LogP contribution in [0.25, 0.3) is 27.3 Å².